The SMILES string of the molecule is COc1ccc(NC(=O)NCC(c2ccsc2)N(C)C)c(OC)c1. The summed E-state index contributed by atoms with van der Waals surface area (Å²) in [5.74, 6) is 1.22. The van der Waals surface area contributed by atoms with E-state index in [-0.39, 0.29) is 12.1 Å². The molecule has 1 atom stereocenters. The molecule has 1 unspecified atom stereocenters. The largest absolute Gasteiger partial charge is 0.497 e. The molecule has 1 aromatic heterocycles. The maximum absolute atomic E-state index is 12.2. The molecule has 0 aliphatic heterocycles. The van der Waals surface area contributed by atoms with Gasteiger partial charge in [0.25, 0.3) is 0 Å². The molecular weight excluding hydrogens is 326 g/mol. The van der Waals surface area contributed by atoms with Crippen LogP contribution in [0, 0.1) is 0 Å². The van der Waals surface area contributed by atoms with E-state index in [1.165, 1.54) is 5.56 Å². The van der Waals surface area contributed by atoms with E-state index in [1.54, 1.807) is 43.8 Å². The van der Waals surface area contributed by atoms with E-state index in [0.29, 0.717) is 23.7 Å². The number of carbonyl (C=O) groups excluding carboxylic acids is 1. The maximum Gasteiger partial charge on any atom is 0.319 e. The molecule has 1 heterocycles. The third kappa shape index (κ3) is 4.62. The Kier molecular flexibility index (Phi) is 6.45. The third-order valence-electron chi connectivity index (χ3n) is 3.66. The molecule has 0 saturated carbocycles. The van der Waals surface area contributed by atoms with Gasteiger partial charge in [-0.15, -0.1) is 0 Å². The fraction of sp³-hybridized carbons (Fsp3) is 0.353. The van der Waals surface area contributed by atoms with Crippen molar-refractivity contribution in [3.05, 3.63) is 40.6 Å². The fourth-order valence-corrected chi connectivity index (χ4v) is 3.03. The Labute approximate surface area is 146 Å². The van der Waals surface area contributed by atoms with Gasteiger partial charge in [-0.1, -0.05) is 0 Å². The van der Waals surface area contributed by atoms with Crippen molar-refractivity contribution in [3.8, 4) is 11.5 Å². The van der Waals surface area contributed by atoms with Crippen LogP contribution in [0.2, 0.25) is 0 Å². The number of urea groups is 1. The lowest BCUT2D eigenvalue weighted by molar-refractivity contribution is 0.243. The number of anilines is 1. The molecule has 0 fully saturated rings. The lowest BCUT2D eigenvalue weighted by atomic mass is 10.1. The number of ether oxygens (including phenoxy) is 2. The van der Waals surface area contributed by atoms with Crippen molar-refractivity contribution >= 4 is 23.1 Å². The Bertz CT molecular complexity index is 659. The predicted molar refractivity (Wildman–Crippen MR) is 97.3 cm³/mol. The third-order valence-corrected chi connectivity index (χ3v) is 4.37. The number of methoxy groups -OCH3 is 2. The van der Waals surface area contributed by atoms with Gasteiger partial charge in [-0.2, -0.15) is 11.3 Å². The molecule has 2 rings (SSSR count). The normalized spacial score (nSPS) is 11.9. The highest BCUT2D eigenvalue weighted by Crippen LogP contribution is 2.29. The van der Waals surface area contributed by atoms with Crippen molar-refractivity contribution in [2.24, 2.45) is 0 Å². The second kappa shape index (κ2) is 8.56. The quantitative estimate of drug-likeness (QED) is 0.806. The summed E-state index contributed by atoms with van der Waals surface area (Å²) in [6.45, 7) is 0.508. The topological polar surface area (TPSA) is 62.8 Å². The van der Waals surface area contributed by atoms with Gasteiger partial charge in [-0.05, 0) is 48.6 Å². The van der Waals surface area contributed by atoms with Crippen LogP contribution in [-0.2, 0) is 0 Å². The van der Waals surface area contributed by atoms with Crippen LogP contribution in [-0.4, -0.2) is 45.8 Å². The molecule has 130 valence electrons. The molecule has 0 spiro atoms. The number of benzene rings is 1. The number of rotatable bonds is 7. The molecule has 0 radical (unpaired) electrons. The van der Waals surface area contributed by atoms with Crippen LogP contribution in [0.15, 0.2) is 35.0 Å². The van der Waals surface area contributed by atoms with Crippen LogP contribution in [0.3, 0.4) is 0 Å². The summed E-state index contributed by atoms with van der Waals surface area (Å²) in [5.41, 5.74) is 1.78. The highest BCUT2D eigenvalue weighted by molar-refractivity contribution is 7.07. The number of hydrogen-bond donors (Lipinski definition) is 2. The minimum atomic E-state index is -0.277. The summed E-state index contributed by atoms with van der Waals surface area (Å²) in [5, 5.41) is 9.84. The summed E-state index contributed by atoms with van der Waals surface area (Å²) in [7, 11) is 7.12. The first kappa shape index (κ1) is 18.1. The van der Waals surface area contributed by atoms with E-state index in [2.05, 4.69) is 27.0 Å². The number of thiophene rings is 1. The zero-order valence-electron chi connectivity index (χ0n) is 14.3. The molecule has 1 aromatic carbocycles. The molecule has 2 aromatic rings. The summed E-state index contributed by atoms with van der Waals surface area (Å²) < 4.78 is 10.4. The number of nitrogens with zero attached hydrogens (tertiary/aromatic N) is 1. The summed E-state index contributed by atoms with van der Waals surface area (Å²) >= 11 is 1.65. The van der Waals surface area contributed by atoms with Crippen molar-refractivity contribution in [2.45, 2.75) is 6.04 Å². The van der Waals surface area contributed by atoms with E-state index in [9.17, 15) is 4.79 Å². The molecule has 0 aliphatic rings. The van der Waals surface area contributed by atoms with Gasteiger partial charge in [0.05, 0.1) is 25.9 Å². The summed E-state index contributed by atoms with van der Waals surface area (Å²) in [6, 6.07) is 7.16. The minimum absolute atomic E-state index is 0.125. The van der Waals surface area contributed by atoms with Crippen LogP contribution in [0.4, 0.5) is 10.5 Å². The second-order valence-corrected chi connectivity index (χ2v) is 6.22. The Morgan fingerprint density at radius 3 is 2.62 bits per heavy atom. The second-order valence-electron chi connectivity index (χ2n) is 5.44. The number of amides is 2. The molecule has 2 amide bonds. The Balaban J connectivity index is 1.98. The smallest absolute Gasteiger partial charge is 0.319 e. The molecule has 0 aliphatic carbocycles. The van der Waals surface area contributed by atoms with Gasteiger partial charge >= 0.3 is 6.03 Å². The first-order chi connectivity index (χ1) is 11.5. The summed E-state index contributed by atoms with van der Waals surface area (Å²) in [4.78, 5) is 14.3. The number of hydrogen-bond acceptors (Lipinski definition) is 5. The van der Waals surface area contributed by atoms with Crippen LogP contribution >= 0.6 is 11.3 Å². The van der Waals surface area contributed by atoms with Gasteiger partial charge in [0.15, 0.2) is 0 Å². The van der Waals surface area contributed by atoms with E-state index < -0.39 is 0 Å². The fourth-order valence-electron chi connectivity index (χ4n) is 2.32. The molecule has 7 heteroatoms. The van der Waals surface area contributed by atoms with Gasteiger partial charge in [-0.3, -0.25) is 0 Å². The van der Waals surface area contributed by atoms with Crippen LogP contribution < -0.4 is 20.1 Å². The van der Waals surface area contributed by atoms with E-state index in [1.807, 2.05) is 19.5 Å². The first-order valence-electron chi connectivity index (χ1n) is 7.50. The molecule has 0 saturated heterocycles. The van der Waals surface area contributed by atoms with E-state index in [4.69, 9.17) is 9.47 Å². The zero-order valence-corrected chi connectivity index (χ0v) is 15.1. The molecule has 0 bridgehead atoms. The van der Waals surface area contributed by atoms with Crippen molar-refractivity contribution < 1.29 is 14.3 Å². The van der Waals surface area contributed by atoms with Gasteiger partial charge in [-0.25, -0.2) is 4.79 Å². The minimum Gasteiger partial charge on any atom is -0.497 e. The summed E-state index contributed by atoms with van der Waals surface area (Å²) in [6.07, 6.45) is 0. The van der Waals surface area contributed by atoms with Gasteiger partial charge < -0.3 is 25.0 Å². The maximum atomic E-state index is 12.2. The Morgan fingerprint density at radius 2 is 2.04 bits per heavy atom. The Hall–Kier alpha value is -2.25. The molecule has 24 heavy (non-hydrogen) atoms. The number of nitrogens with one attached hydrogen (secondary N) is 2. The average Bonchev–Trinajstić information content (AvgIpc) is 3.09. The molecule has 6 nitrogen and oxygen atoms in total. The van der Waals surface area contributed by atoms with Crippen molar-refractivity contribution in [2.75, 3.05) is 40.2 Å². The van der Waals surface area contributed by atoms with Gasteiger partial charge in [0, 0.05) is 12.6 Å². The van der Waals surface area contributed by atoms with Crippen LogP contribution in [0.5, 0.6) is 11.5 Å². The van der Waals surface area contributed by atoms with Gasteiger partial charge in [0.2, 0.25) is 0 Å². The van der Waals surface area contributed by atoms with E-state index in [0.717, 1.165) is 0 Å². The monoisotopic (exact) mass is 349 g/mol. The van der Waals surface area contributed by atoms with Gasteiger partial charge in [0.1, 0.15) is 11.5 Å². The highest BCUT2D eigenvalue weighted by Gasteiger charge is 2.16. The molecular formula is C17H23N3O3S. The van der Waals surface area contributed by atoms with Crippen LogP contribution in [0.1, 0.15) is 11.6 Å². The van der Waals surface area contributed by atoms with Crippen molar-refractivity contribution in [1.29, 1.82) is 0 Å². The van der Waals surface area contributed by atoms with Crippen LogP contribution in [0.25, 0.3) is 0 Å². The predicted octanol–water partition coefficient (Wildman–Crippen LogP) is 3.19. The Morgan fingerprint density at radius 1 is 1.25 bits per heavy atom. The lowest BCUT2D eigenvalue weighted by Gasteiger charge is -2.24. The standard InChI is InChI=1S/C17H23N3O3S/c1-20(2)15(12-7-8-24-11-12)10-18-17(21)19-14-6-5-13(22-3)9-16(14)23-4/h5-9,11,15H,10H2,1-4H3,(H2,18,19,21). The lowest BCUT2D eigenvalue weighted by Crippen LogP contribution is -2.36. The average molecular weight is 349 g/mol. The molecule has 2 N–H and O–H groups in total. The van der Waals surface area contributed by atoms with Crippen molar-refractivity contribution in [3.63, 3.8) is 0 Å². The highest BCUT2D eigenvalue weighted by atomic mass is 32.1. The number of carbonyl (C=O) groups is 1. The van der Waals surface area contributed by atoms with E-state index >= 15 is 0 Å². The first-order valence-corrected chi connectivity index (χ1v) is 8.44. The zero-order chi connectivity index (χ0) is 17.5. The van der Waals surface area contributed by atoms with Crippen molar-refractivity contribution in [1.82, 2.24) is 10.2 Å². The number of likely N-dealkylation sites (N-methyl/N-ethyl adjacent to an activating group) is 1.